The van der Waals surface area contributed by atoms with Gasteiger partial charge in [-0.1, -0.05) is 49.6 Å². The zero-order valence-electron chi connectivity index (χ0n) is 14.0. The van der Waals surface area contributed by atoms with Crippen LogP contribution in [0.2, 0.25) is 0 Å². The smallest absolute Gasteiger partial charge is 0.239 e. The summed E-state index contributed by atoms with van der Waals surface area (Å²) in [5.74, 6) is 0.102. The van der Waals surface area contributed by atoms with Gasteiger partial charge in [0.1, 0.15) is 0 Å². The van der Waals surface area contributed by atoms with Crippen LogP contribution in [0.25, 0.3) is 11.1 Å². The van der Waals surface area contributed by atoms with Gasteiger partial charge in [0.05, 0.1) is 6.54 Å². The summed E-state index contributed by atoms with van der Waals surface area (Å²) in [4.78, 5) is 12.1. The lowest BCUT2D eigenvalue weighted by Crippen LogP contribution is -2.39. The Morgan fingerprint density at radius 2 is 1.75 bits per heavy atom. The minimum atomic E-state index is 0.102. The molecule has 2 aromatic carbocycles. The summed E-state index contributed by atoms with van der Waals surface area (Å²) in [6, 6.07) is 15.4. The van der Waals surface area contributed by atoms with Crippen molar-refractivity contribution in [1.29, 1.82) is 0 Å². The molecule has 1 fully saturated rings. The number of fused-ring (bicyclic) bond motifs is 3. The molecule has 124 valence electrons. The predicted molar refractivity (Wildman–Crippen MR) is 98.2 cm³/mol. The Morgan fingerprint density at radius 3 is 2.62 bits per heavy atom. The molecule has 4 rings (SSSR count). The summed E-state index contributed by atoms with van der Waals surface area (Å²) in [5, 5.41) is 6.43. The molecule has 0 bridgehead atoms. The Labute approximate surface area is 143 Å². The second-order valence-electron chi connectivity index (χ2n) is 6.96. The Morgan fingerprint density at radius 1 is 0.958 bits per heavy atom. The molecular formula is C21H24N2O. The maximum atomic E-state index is 12.1. The van der Waals surface area contributed by atoms with Crippen molar-refractivity contribution in [1.82, 2.24) is 5.32 Å². The van der Waals surface area contributed by atoms with E-state index in [2.05, 4.69) is 53.1 Å². The monoisotopic (exact) mass is 320 g/mol. The summed E-state index contributed by atoms with van der Waals surface area (Å²) in [6.45, 7) is 0.349. The summed E-state index contributed by atoms with van der Waals surface area (Å²) < 4.78 is 0. The molecule has 0 unspecified atom stereocenters. The van der Waals surface area contributed by atoms with E-state index in [1.54, 1.807) is 0 Å². The number of amides is 1. The van der Waals surface area contributed by atoms with Crippen LogP contribution >= 0.6 is 0 Å². The lowest BCUT2D eigenvalue weighted by molar-refractivity contribution is -0.120. The fraction of sp³-hybridized carbons (Fsp3) is 0.381. The number of rotatable bonds is 4. The van der Waals surface area contributed by atoms with E-state index in [-0.39, 0.29) is 5.91 Å². The summed E-state index contributed by atoms with van der Waals surface area (Å²) >= 11 is 0. The maximum Gasteiger partial charge on any atom is 0.239 e. The molecule has 0 spiro atoms. The van der Waals surface area contributed by atoms with Gasteiger partial charge in [-0.2, -0.15) is 0 Å². The third-order valence-corrected chi connectivity index (χ3v) is 5.22. The molecule has 2 aliphatic carbocycles. The molecule has 1 amide bonds. The molecule has 0 saturated heterocycles. The highest BCUT2D eigenvalue weighted by atomic mass is 16.1. The average molecular weight is 320 g/mol. The molecule has 3 nitrogen and oxygen atoms in total. The SMILES string of the molecule is O=C(CNc1ccc2c(c1)Cc1ccccc1-2)NC1CCCCC1. The molecule has 0 heterocycles. The molecule has 2 aliphatic rings. The van der Waals surface area contributed by atoms with Crippen LogP contribution in [0.15, 0.2) is 42.5 Å². The van der Waals surface area contributed by atoms with Crippen molar-refractivity contribution in [2.24, 2.45) is 0 Å². The lowest BCUT2D eigenvalue weighted by atomic mass is 9.95. The zero-order chi connectivity index (χ0) is 16.4. The van der Waals surface area contributed by atoms with Crippen molar-refractivity contribution in [3.63, 3.8) is 0 Å². The second-order valence-corrected chi connectivity index (χ2v) is 6.96. The minimum absolute atomic E-state index is 0.102. The quantitative estimate of drug-likeness (QED) is 0.759. The van der Waals surface area contributed by atoms with Crippen molar-refractivity contribution >= 4 is 11.6 Å². The number of carbonyl (C=O) groups is 1. The molecule has 0 aliphatic heterocycles. The van der Waals surface area contributed by atoms with Gasteiger partial charge in [0.25, 0.3) is 0 Å². The van der Waals surface area contributed by atoms with E-state index in [0.717, 1.165) is 24.9 Å². The van der Waals surface area contributed by atoms with Crippen LogP contribution < -0.4 is 10.6 Å². The normalized spacial score (nSPS) is 16.3. The lowest BCUT2D eigenvalue weighted by Gasteiger charge is -2.22. The van der Waals surface area contributed by atoms with Crippen molar-refractivity contribution < 1.29 is 4.79 Å². The molecule has 0 aromatic heterocycles. The van der Waals surface area contributed by atoms with Crippen LogP contribution in [0, 0.1) is 0 Å². The Balaban J connectivity index is 1.36. The number of hydrogen-bond donors (Lipinski definition) is 2. The van der Waals surface area contributed by atoms with Crippen LogP contribution in [0.5, 0.6) is 0 Å². The third kappa shape index (κ3) is 3.16. The third-order valence-electron chi connectivity index (χ3n) is 5.22. The minimum Gasteiger partial charge on any atom is -0.376 e. The van der Waals surface area contributed by atoms with Gasteiger partial charge in [0.15, 0.2) is 0 Å². The van der Waals surface area contributed by atoms with Crippen molar-refractivity contribution in [2.45, 2.75) is 44.6 Å². The molecule has 3 heteroatoms. The first-order valence-electron chi connectivity index (χ1n) is 9.04. The fourth-order valence-corrected chi connectivity index (χ4v) is 3.96. The fourth-order valence-electron chi connectivity index (χ4n) is 3.96. The highest BCUT2D eigenvalue weighted by Crippen LogP contribution is 2.37. The van der Waals surface area contributed by atoms with Gasteiger partial charge in [0, 0.05) is 11.7 Å². The first kappa shape index (κ1) is 15.3. The average Bonchev–Trinajstić information content (AvgIpc) is 2.98. The first-order chi connectivity index (χ1) is 11.8. The molecule has 2 N–H and O–H groups in total. The van der Waals surface area contributed by atoms with Crippen LogP contribution in [-0.4, -0.2) is 18.5 Å². The molecular weight excluding hydrogens is 296 g/mol. The Kier molecular flexibility index (Phi) is 4.24. The molecule has 0 atom stereocenters. The first-order valence-corrected chi connectivity index (χ1v) is 9.04. The highest BCUT2D eigenvalue weighted by Gasteiger charge is 2.18. The Hall–Kier alpha value is -2.29. The number of carbonyl (C=O) groups excluding carboxylic acids is 1. The van der Waals surface area contributed by atoms with Gasteiger partial charge in [-0.25, -0.2) is 0 Å². The Bertz CT molecular complexity index is 747. The maximum absolute atomic E-state index is 12.1. The standard InChI is InChI=1S/C21H24N2O/c24-21(23-17-7-2-1-3-8-17)14-22-18-10-11-20-16(13-18)12-15-6-4-5-9-19(15)20/h4-6,9-11,13,17,22H,1-3,7-8,12,14H2,(H,23,24). The summed E-state index contributed by atoms with van der Waals surface area (Å²) in [5.41, 5.74) is 6.42. The topological polar surface area (TPSA) is 41.1 Å². The number of benzene rings is 2. The van der Waals surface area contributed by atoms with E-state index < -0.39 is 0 Å². The van der Waals surface area contributed by atoms with Gasteiger partial charge in [-0.15, -0.1) is 0 Å². The zero-order valence-corrected chi connectivity index (χ0v) is 14.0. The van der Waals surface area contributed by atoms with Crippen molar-refractivity contribution in [3.05, 3.63) is 53.6 Å². The molecule has 2 aromatic rings. The molecule has 0 radical (unpaired) electrons. The van der Waals surface area contributed by atoms with Crippen LogP contribution in [0.3, 0.4) is 0 Å². The molecule has 1 saturated carbocycles. The number of nitrogens with one attached hydrogen (secondary N) is 2. The van der Waals surface area contributed by atoms with Gasteiger partial charge in [0.2, 0.25) is 5.91 Å². The van der Waals surface area contributed by atoms with Crippen LogP contribution in [-0.2, 0) is 11.2 Å². The number of hydrogen-bond acceptors (Lipinski definition) is 2. The van der Waals surface area contributed by atoms with Crippen molar-refractivity contribution in [3.8, 4) is 11.1 Å². The summed E-state index contributed by atoms with van der Waals surface area (Å²) in [7, 11) is 0. The molecule has 24 heavy (non-hydrogen) atoms. The van der Waals surface area contributed by atoms with Crippen LogP contribution in [0.4, 0.5) is 5.69 Å². The number of anilines is 1. The summed E-state index contributed by atoms with van der Waals surface area (Å²) in [6.07, 6.45) is 7.02. The van der Waals surface area contributed by atoms with E-state index >= 15 is 0 Å². The predicted octanol–water partition coefficient (Wildman–Crippen LogP) is 4.12. The van der Waals surface area contributed by atoms with Gasteiger partial charge >= 0.3 is 0 Å². The highest BCUT2D eigenvalue weighted by molar-refractivity contribution is 5.82. The van der Waals surface area contributed by atoms with E-state index in [1.807, 2.05) is 0 Å². The van der Waals surface area contributed by atoms with Crippen molar-refractivity contribution in [2.75, 3.05) is 11.9 Å². The van der Waals surface area contributed by atoms with Gasteiger partial charge in [-0.05, 0) is 53.6 Å². The van der Waals surface area contributed by atoms with E-state index in [4.69, 9.17) is 0 Å². The van der Waals surface area contributed by atoms with Gasteiger partial charge in [-0.3, -0.25) is 4.79 Å². The van der Waals surface area contributed by atoms with Crippen LogP contribution in [0.1, 0.15) is 43.2 Å². The van der Waals surface area contributed by atoms with E-state index in [9.17, 15) is 4.79 Å². The second kappa shape index (κ2) is 6.68. The van der Waals surface area contributed by atoms with E-state index in [1.165, 1.54) is 41.5 Å². The largest absolute Gasteiger partial charge is 0.376 e. The van der Waals surface area contributed by atoms with E-state index in [0.29, 0.717) is 12.6 Å². The van der Waals surface area contributed by atoms with Gasteiger partial charge < -0.3 is 10.6 Å².